The molecule has 0 heterocycles. The van der Waals surface area contributed by atoms with Gasteiger partial charge in [0, 0.05) is 15.5 Å². The van der Waals surface area contributed by atoms with Gasteiger partial charge < -0.3 is 5.73 Å². The summed E-state index contributed by atoms with van der Waals surface area (Å²) in [5.74, 6) is 0. The van der Waals surface area contributed by atoms with Gasteiger partial charge in [-0.3, -0.25) is 0 Å². The molecule has 1 aromatic carbocycles. The minimum atomic E-state index is 0.433. The van der Waals surface area contributed by atoms with Gasteiger partial charge in [-0.05, 0) is 33.6 Å². The first-order chi connectivity index (χ1) is 5.69. The maximum absolute atomic E-state index is 8.69. The lowest BCUT2D eigenvalue weighted by atomic mass is 10.1. The standard InChI is InChI=1S/C8H6Br2N2/c9-7-2-8(10)6(4-12)1-5(7)3-11/h1-2H,3,11H2. The summed E-state index contributed by atoms with van der Waals surface area (Å²) in [6.45, 7) is 0.433. The number of nitrogens with zero attached hydrogens (tertiary/aromatic N) is 1. The van der Waals surface area contributed by atoms with Crippen molar-refractivity contribution in [1.29, 1.82) is 5.26 Å². The van der Waals surface area contributed by atoms with E-state index in [9.17, 15) is 0 Å². The third kappa shape index (κ3) is 1.86. The largest absolute Gasteiger partial charge is 0.326 e. The van der Waals surface area contributed by atoms with Crippen molar-refractivity contribution in [3.8, 4) is 6.07 Å². The molecule has 0 aliphatic carbocycles. The van der Waals surface area contributed by atoms with Gasteiger partial charge in [-0.15, -0.1) is 0 Å². The zero-order chi connectivity index (χ0) is 9.14. The van der Waals surface area contributed by atoms with Crippen molar-refractivity contribution in [3.63, 3.8) is 0 Å². The van der Waals surface area contributed by atoms with E-state index >= 15 is 0 Å². The fraction of sp³-hybridized carbons (Fsp3) is 0.125. The van der Waals surface area contributed by atoms with Gasteiger partial charge in [0.25, 0.3) is 0 Å². The zero-order valence-electron chi connectivity index (χ0n) is 6.14. The number of hydrogen-bond acceptors (Lipinski definition) is 2. The Hall–Kier alpha value is -0.370. The molecular formula is C8H6Br2N2. The number of rotatable bonds is 1. The van der Waals surface area contributed by atoms with Crippen LogP contribution >= 0.6 is 31.9 Å². The highest BCUT2D eigenvalue weighted by atomic mass is 79.9. The first-order valence-electron chi connectivity index (χ1n) is 3.27. The van der Waals surface area contributed by atoms with Gasteiger partial charge in [-0.1, -0.05) is 15.9 Å². The van der Waals surface area contributed by atoms with Crippen LogP contribution in [0, 0.1) is 11.3 Å². The van der Waals surface area contributed by atoms with E-state index in [1.54, 1.807) is 6.07 Å². The van der Waals surface area contributed by atoms with Crippen LogP contribution in [0.2, 0.25) is 0 Å². The Morgan fingerprint density at radius 1 is 1.33 bits per heavy atom. The summed E-state index contributed by atoms with van der Waals surface area (Å²) in [5.41, 5.74) is 7.02. The Balaban J connectivity index is 3.30. The topological polar surface area (TPSA) is 49.8 Å². The first kappa shape index (κ1) is 9.72. The minimum Gasteiger partial charge on any atom is -0.326 e. The average molecular weight is 290 g/mol. The van der Waals surface area contributed by atoms with Gasteiger partial charge in [-0.25, -0.2) is 0 Å². The molecule has 0 aromatic heterocycles. The summed E-state index contributed by atoms with van der Waals surface area (Å²) in [4.78, 5) is 0. The summed E-state index contributed by atoms with van der Waals surface area (Å²) in [6.07, 6.45) is 0. The lowest BCUT2D eigenvalue weighted by Gasteiger charge is -2.02. The number of benzene rings is 1. The van der Waals surface area contributed by atoms with Crippen molar-refractivity contribution in [1.82, 2.24) is 0 Å². The second kappa shape index (κ2) is 4.04. The molecule has 0 unspecified atom stereocenters. The number of halogens is 2. The molecule has 2 nitrogen and oxygen atoms in total. The molecule has 1 rings (SSSR count). The van der Waals surface area contributed by atoms with Crippen LogP contribution in [-0.4, -0.2) is 0 Å². The van der Waals surface area contributed by atoms with E-state index in [1.165, 1.54) is 0 Å². The molecule has 62 valence electrons. The molecule has 0 radical (unpaired) electrons. The third-order valence-corrected chi connectivity index (χ3v) is 2.87. The average Bonchev–Trinajstić information content (AvgIpc) is 2.05. The van der Waals surface area contributed by atoms with E-state index in [0.717, 1.165) is 14.5 Å². The van der Waals surface area contributed by atoms with E-state index in [2.05, 4.69) is 37.9 Å². The van der Waals surface area contributed by atoms with Crippen molar-refractivity contribution in [3.05, 3.63) is 32.2 Å². The van der Waals surface area contributed by atoms with E-state index in [-0.39, 0.29) is 0 Å². The molecule has 1 aromatic rings. The summed E-state index contributed by atoms with van der Waals surface area (Å²) < 4.78 is 1.71. The maximum Gasteiger partial charge on any atom is 0.100 e. The summed E-state index contributed by atoms with van der Waals surface area (Å²) in [7, 11) is 0. The molecule has 4 heteroatoms. The van der Waals surface area contributed by atoms with Crippen LogP contribution in [0.15, 0.2) is 21.1 Å². The van der Waals surface area contributed by atoms with Crippen LogP contribution in [0.1, 0.15) is 11.1 Å². The van der Waals surface area contributed by atoms with Crippen molar-refractivity contribution >= 4 is 31.9 Å². The van der Waals surface area contributed by atoms with Crippen LogP contribution < -0.4 is 5.73 Å². The summed E-state index contributed by atoms with van der Waals surface area (Å²) in [6, 6.07) is 5.68. The highest BCUT2D eigenvalue weighted by Crippen LogP contribution is 2.25. The maximum atomic E-state index is 8.69. The molecular weight excluding hydrogens is 284 g/mol. The predicted octanol–water partition coefficient (Wildman–Crippen LogP) is 2.54. The molecule has 0 atom stereocenters. The summed E-state index contributed by atoms with van der Waals surface area (Å²) >= 11 is 6.63. The van der Waals surface area contributed by atoms with Gasteiger partial charge >= 0.3 is 0 Å². The SMILES string of the molecule is N#Cc1cc(CN)c(Br)cc1Br. The fourth-order valence-electron chi connectivity index (χ4n) is 0.836. The van der Waals surface area contributed by atoms with E-state index in [0.29, 0.717) is 12.1 Å². The summed E-state index contributed by atoms with van der Waals surface area (Å²) in [5, 5.41) is 8.69. The smallest absolute Gasteiger partial charge is 0.100 e. The quantitative estimate of drug-likeness (QED) is 0.864. The Kier molecular flexibility index (Phi) is 3.27. The third-order valence-electron chi connectivity index (χ3n) is 1.48. The second-order valence-electron chi connectivity index (χ2n) is 2.24. The molecule has 12 heavy (non-hydrogen) atoms. The van der Waals surface area contributed by atoms with Crippen LogP contribution in [0.5, 0.6) is 0 Å². The lowest BCUT2D eigenvalue weighted by molar-refractivity contribution is 1.06. The van der Waals surface area contributed by atoms with Gasteiger partial charge in [0.05, 0.1) is 5.56 Å². The molecule has 0 bridgehead atoms. The fourth-order valence-corrected chi connectivity index (χ4v) is 2.08. The number of nitrogens with two attached hydrogens (primary N) is 1. The van der Waals surface area contributed by atoms with Gasteiger partial charge in [0.15, 0.2) is 0 Å². The highest BCUT2D eigenvalue weighted by Gasteiger charge is 2.04. The monoisotopic (exact) mass is 288 g/mol. The molecule has 0 saturated heterocycles. The molecule has 0 aliphatic rings. The molecule has 0 spiro atoms. The van der Waals surface area contributed by atoms with Crippen molar-refractivity contribution in [2.75, 3.05) is 0 Å². The molecule has 0 fully saturated rings. The van der Waals surface area contributed by atoms with Crippen LogP contribution in [0.25, 0.3) is 0 Å². The molecule has 2 N–H and O–H groups in total. The van der Waals surface area contributed by atoms with Gasteiger partial charge in [0.2, 0.25) is 0 Å². The Bertz CT molecular complexity index is 342. The van der Waals surface area contributed by atoms with Crippen molar-refractivity contribution in [2.45, 2.75) is 6.54 Å². The minimum absolute atomic E-state index is 0.433. The molecule has 0 amide bonds. The first-order valence-corrected chi connectivity index (χ1v) is 4.85. The molecule has 0 aliphatic heterocycles. The Morgan fingerprint density at radius 2 is 2.00 bits per heavy atom. The number of nitriles is 1. The van der Waals surface area contributed by atoms with Crippen molar-refractivity contribution in [2.24, 2.45) is 5.73 Å². The second-order valence-corrected chi connectivity index (χ2v) is 3.95. The zero-order valence-corrected chi connectivity index (χ0v) is 9.31. The van der Waals surface area contributed by atoms with E-state index in [4.69, 9.17) is 11.0 Å². The predicted molar refractivity (Wildman–Crippen MR) is 54.4 cm³/mol. The van der Waals surface area contributed by atoms with Gasteiger partial charge in [0.1, 0.15) is 6.07 Å². The molecule has 0 saturated carbocycles. The van der Waals surface area contributed by atoms with Gasteiger partial charge in [-0.2, -0.15) is 5.26 Å². The van der Waals surface area contributed by atoms with E-state index < -0.39 is 0 Å². The highest BCUT2D eigenvalue weighted by molar-refractivity contribution is 9.11. The van der Waals surface area contributed by atoms with E-state index in [1.807, 2.05) is 6.07 Å². The lowest BCUT2D eigenvalue weighted by Crippen LogP contribution is -1.98. The Labute approximate surface area is 87.6 Å². The van der Waals surface area contributed by atoms with Crippen LogP contribution in [0.3, 0.4) is 0 Å². The van der Waals surface area contributed by atoms with Crippen molar-refractivity contribution < 1.29 is 0 Å². The Morgan fingerprint density at radius 3 is 2.50 bits per heavy atom. The normalized spacial score (nSPS) is 9.50. The van der Waals surface area contributed by atoms with Crippen LogP contribution in [0.4, 0.5) is 0 Å². The van der Waals surface area contributed by atoms with Crippen LogP contribution in [-0.2, 0) is 6.54 Å². The number of hydrogen-bond donors (Lipinski definition) is 1.